The lowest BCUT2D eigenvalue weighted by atomic mass is 10.1. The molecule has 11 nitrogen and oxygen atoms in total. The van der Waals surface area contributed by atoms with Gasteiger partial charge < -0.3 is 33.6 Å². The predicted octanol–water partition coefficient (Wildman–Crippen LogP) is 5.80. The van der Waals surface area contributed by atoms with Gasteiger partial charge in [-0.25, -0.2) is 9.09 Å². The molecule has 4 aromatic rings. The number of fused-ring (bicyclic) bond motifs is 2. The van der Waals surface area contributed by atoms with Gasteiger partial charge in [-0.3, -0.25) is 9.59 Å². The zero-order chi connectivity index (χ0) is 32.6. The van der Waals surface area contributed by atoms with Gasteiger partial charge in [0.25, 0.3) is 6.29 Å². The SMILES string of the molecule is CCCCCC(=O)OC(C[N+]1(CCCCOc2ccc3ccc(=O)[nH]c3c2)CCN(c2cccc3sccc23)CC1)OP(=O)(O)O. The first-order chi connectivity index (χ1) is 22.1. The van der Waals surface area contributed by atoms with Crippen molar-refractivity contribution in [1.29, 1.82) is 0 Å². The van der Waals surface area contributed by atoms with Gasteiger partial charge >= 0.3 is 13.8 Å². The highest BCUT2D eigenvalue weighted by molar-refractivity contribution is 7.46. The van der Waals surface area contributed by atoms with Gasteiger partial charge in [-0.15, -0.1) is 11.3 Å². The number of esters is 1. The number of aromatic amines is 1. The topological polar surface area (TPSA) is 138 Å². The molecule has 46 heavy (non-hydrogen) atoms. The number of ether oxygens (including phenoxy) is 2. The Morgan fingerprint density at radius 3 is 2.65 bits per heavy atom. The van der Waals surface area contributed by atoms with Crippen molar-refractivity contribution in [3.8, 4) is 5.75 Å². The maximum absolute atomic E-state index is 12.6. The Bertz CT molecular complexity index is 1710. The fourth-order valence-electron chi connectivity index (χ4n) is 6.13. The zero-order valence-electron chi connectivity index (χ0n) is 26.1. The van der Waals surface area contributed by atoms with Crippen LogP contribution in [0.4, 0.5) is 5.69 Å². The molecule has 248 valence electrons. The highest BCUT2D eigenvalue weighted by Crippen LogP contribution is 2.39. The number of rotatable bonds is 16. The van der Waals surface area contributed by atoms with Gasteiger partial charge in [0.15, 0.2) is 0 Å². The lowest BCUT2D eigenvalue weighted by Crippen LogP contribution is -2.62. The summed E-state index contributed by atoms with van der Waals surface area (Å²) in [6.07, 6.45) is 2.78. The Kier molecular flexibility index (Phi) is 11.5. The van der Waals surface area contributed by atoms with Crippen LogP contribution >= 0.6 is 19.2 Å². The fourth-order valence-corrected chi connectivity index (χ4v) is 7.35. The van der Waals surface area contributed by atoms with Crippen molar-refractivity contribution in [2.45, 2.75) is 51.7 Å². The summed E-state index contributed by atoms with van der Waals surface area (Å²) >= 11 is 1.71. The summed E-state index contributed by atoms with van der Waals surface area (Å²) in [5, 5.41) is 4.23. The summed E-state index contributed by atoms with van der Waals surface area (Å²) in [5.41, 5.74) is 1.72. The van der Waals surface area contributed by atoms with Gasteiger partial charge in [-0.2, -0.15) is 0 Å². The van der Waals surface area contributed by atoms with Gasteiger partial charge in [0.2, 0.25) is 5.56 Å². The van der Waals surface area contributed by atoms with Crippen molar-refractivity contribution in [3.05, 3.63) is 70.3 Å². The number of pyridine rings is 1. The predicted molar refractivity (Wildman–Crippen MR) is 180 cm³/mol. The number of phosphoric ester groups is 1. The van der Waals surface area contributed by atoms with Gasteiger partial charge in [0, 0.05) is 34.3 Å². The van der Waals surface area contributed by atoms with E-state index in [4.69, 9.17) is 14.0 Å². The first-order valence-electron chi connectivity index (χ1n) is 15.9. The highest BCUT2D eigenvalue weighted by Gasteiger charge is 2.39. The smallest absolute Gasteiger partial charge is 0.472 e. The number of carbonyl (C=O) groups is 1. The van der Waals surface area contributed by atoms with Crippen LogP contribution in [0.3, 0.4) is 0 Å². The van der Waals surface area contributed by atoms with E-state index in [0.29, 0.717) is 48.4 Å². The molecule has 0 aliphatic carbocycles. The quantitative estimate of drug-likeness (QED) is 0.0444. The summed E-state index contributed by atoms with van der Waals surface area (Å²) in [6, 6.07) is 17.3. The zero-order valence-corrected chi connectivity index (χ0v) is 27.8. The van der Waals surface area contributed by atoms with Crippen LogP contribution in [-0.4, -0.2) is 77.4 Å². The fraction of sp³-hybridized carbons (Fsp3) is 0.455. The van der Waals surface area contributed by atoms with Crippen LogP contribution in [0.1, 0.15) is 45.4 Å². The summed E-state index contributed by atoms with van der Waals surface area (Å²) < 4.78 is 30.3. The second-order valence-corrected chi connectivity index (χ2v) is 14.0. The molecule has 5 rings (SSSR count). The Morgan fingerprint density at radius 1 is 1.07 bits per heavy atom. The molecule has 1 fully saturated rings. The Hall–Kier alpha value is -3.25. The number of phosphoric acid groups is 1. The van der Waals surface area contributed by atoms with E-state index in [9.17, 15) is 23.9 Å². The van der Waals surface area contributed by atoms with E-state index in [1.54, 1.807) is 17.4 Å². The molecule has 0 saturated carbocycles. The van der Waals surface area contributed by atoms with E-state index in [0.717, 1.165) is 44.2 Å². The molecule has 1 saturated heterocycles. The second-order valence-electron chi connectivity index (χ2n) is 11.9. The number of carbonyl (C=O) groups excluding carboxylic acids is 1. The highest BCUT2D eigenvalue weighted by atomic mass is 32.1. The molecule has 13 heteroatoms. The molecule has 2 aromatic carbocycles. The number of hydrogen-bond donors (Lipinski definition) is 3. The van der Waals surface area contributed by atoms with E-state index >= 15 is 0 Å². The van der Waals surface area contributed by atoms with Crippen LogP contribution < -0.4 is 15.2 Å². The standard InChI is InChI=1S/C33H42N3O8PS/c1-2-3-4-10-32(38)43-33(44-45(39,40)41)24-36(19-16-35(17-20-36)29-8-7-9-30-27(29)15-22-46-30)18-5-6-21-42-26-13-11-25-12-14-31(37)34-28(25)23-26/h7-9,11-15,22-23,33H,2-6,10,16-21,24H2,1H3,(H2-,34,37,39,40,41)/p+1. The van der Waals surface area contributed by atoms with Gasteiger partial charge in [0.05, 0.1) is 44.8 Å². The van der Waals surface area contributed by atoms with E-state index in [1.807, 2.05) is 25.1 Å². The maximum atomic E-state index is 12.6. The van der Waals surface area contributed by atoms with Crippen molar-refractivity contribution < 1.29 is 37.6 Å². The number of quaternary nitrogens is 1. The van der Waals surface area contributed by atoms with Gasteiger partial charge in [0.1, 0.15) is 12.3 Å². The van der Waals surface area contributed by atoms with E-state index in [-0.39, 0.29) is 18.5 Å². The molecule has 1 aliphatic rings. The molecule has 3 heterocycles. The number of benzene rings is 2. The number of hydrogen-bond acceptors (Lipinski definition) is 8. The number of nitrogens with zero attached hydrogens (tertiary/aromatic N) is 2. The molecule has 1 aliphatic heterocycles. The molecule has 3 N–H and O–H groups in total. The number of anilines is 1. The van der Waals surface area contributed by atoms with E-state index < -0.39 is 20.1 Å². The number of thiophene rings is 1. The average molecular weight is 673 g/mol. The molecular weight excluding hydrogens is 629 g/mol. The minimum Gasteiger partial charge on any atom is -0.494 e. The monoisotopic (exact) mass is 672 g/mol. The molecule has 1 atom stereocenters. The van der Waals surface area contributed by atoms with Crippen LogP contribution in [0.5, 0.6) is 5.75 Å². The normalized spacial score (nSPS) is 15.7. The van der Waals surface area contributed by atoms with E-state index in [1.165, 1.54) is 21.8 Å². The second kappa shape index (κ2) is 15.6. The third kappa shape index (κ3) is 9.40. The largest absolute Gasteiger partial charge is 0.494 e. The number of aromatic nitrogens is 1. The number of piperazine rings is 1. The molecule has 0 bridgehead atoms. The Balaban J connectivity index is 1.26. The van der Waals surface area contributed by atoms with Crippen molar-refractivity contribution in [1.82, 2.24) is 4.98 Å². The van der Waals surface area contributed by atoms with Crippen LogP contribution in [-0.2, 0) is 18.6 Å². The molecule has 1 unspecified atom stereocenters. The minimum absolute atomic E-state index is 0.139. The first-order valence-corrected chi connectivity index (χ1v) is 18.3. The number of unbranched alkanes of at least 4 members (excludes halogenated alkanes) is 3. The molecule has 0 radical (unpaired) electrons. The molecule has 0 spiro atoms. The number of nitrogens with one attached hydrogen (secondary N) is 1. The average Bonchev–Trinajstić information content (AvgIpc) is 3.50. The summed E-state index contributed by atoms with van der Waals surface area (Å²) in [6.45, 7) is 6.17. The molecule has 2 aromatic heterocycles. The van der Waals surface area contributed by atoms with Crippen LogP contribution in [0.25, 0.3) is 21.0 Å². The van der Waals surface area contributed by atoms with Crippen LogP contribution in [0.15, 0.2) is 64.8 Å². The third-order valence-corrected chi connectivity index (χ3v) is 9.92. The number of H-pyrrole nitrogens is 1. The van der Waals surface area contributed by atoms with Crippen LogP contribution in [0.2, 0.25) is 0 Å². The van der Waals surface area contributed by atoms with Crippen molar-refractivity contribution in [2.75, 3.05) is 50.8 Å². The Labute approximate surface area is 272 Å². The summed E-state index contributed by atoms with van der Waals surface area (Å²) in [7, 11) is -4.92. The first kappa shape index (κ1) is 34.1. The molecular formula is C33H43N3O8PS+. The van der Waals surface area contributed by atoms with Crippen molar-refractivity contribution >= 4 is 51.8 Å². The van der Waals surface area contributed by atoms with Crippen LogP contribution in [0, 0.1) is 0 Å². The molecule has 0 amide bonds. The van der Waals surface area contributed by atoms with Gasteiger partial charge in [-0.05, 0) is 66.4 Å². The minimum atomic E-state index is -4.92. The lowest BCUT2D eigenvalue weighted by molar-refractivity contribution is -0.933. The van der Waals surface area contributed by atoms with E-state index in [2.05, 4.69) is 39.5 Å². The van der Waals surface area contributed by atoms with Crippen molar-refractivity contribution in [3.63, 3.8) is 0 Å². The summed E-state index contributed by atoms with van der Waals surface area (Å²) in [5.74, 6) is 0.150. The van der Waals surface area contributed by atoms with Gasteiger partial charge in [-0.1, -0.05) is 25.8 Å². The lowest BCUT2D eigenvalue weighted by Gasteiger charge is -2.46. The van der Waals surface area contributed by atoms with Crippen molar-refractivity contribution in [2.24, 2.45) is 0 Å². The third-order valence-electron chi connectivity index (χ3n) is 8.53. The summed E-state index contributed by atoms with van der Waals surface area (Å²) in [4.78, 5) is 48.9. The maximum Gasteiger partial charge on any atom is 0.472 e. The Morgan fingerprint density at radius 2 is 1.87 bits per heavy atom.